The smallest absolute Gasteiger partial charge is 0.257 e. The van der Waals surface area contributed by atoms with Gasteiger partial charge in [0.15, 0.2) is 5.60 Å². The van der Waals surface area contributed by atoms with Crippen LogP contribution in [0.4, 0.5) is 17.1 Å². The number of carbonyl (C=O) groups is 3. The molecular formula is C24H23N3O4. The van der Waals surface area contributed by atoms with E-state index in [2.05, 4.69) is 16.0 Å². The zero-order chi connectivity index (χ0) is 22.1. The Hall–Kier alpha value is -3.97. The van der Waals surface area contributed by atoms with Gasteiger partial charge in [0.25, 0.3) is 5.91 Å². The SMILES string of the molecule is O=C(CC(O)(CC(=O)Nc1ccccc1)C(=O)Nc1ccccc1)Nc1ccccc1. The van der Waals surface area contributed by atoms with Crippen molar-refractivity contribution in [2.24, 2.45) is 0 Å². The van der Waals surface area contributed by atoms with Gasteiger partial charge in [-0.1, -0.05) is 54.6 Å². The van der Waals surface area contributed by atoms with E-state index in [0.717, 1.165) is 0 Å². The van der Waals surface area contributed by atoms with E-state index in [9.17, 15) is 19.5 Å². The van der Waals surface area contributed by atoms with Gasteiger partial charge in [0, 0.05) is 17.1 Å². The molecule has 3 aromatic rings. The lowest BCUT2D eigenvalue weighted by Gasteiger charge is -2.26. The molecular weight excluding hydrogens is 394 g/mol. The molecule has 3 aromatic carbocycles. The van der Waals surface area contributed by atoms with Crippen molar-refractivity contribution in [2.45, 2.75) is 18.4 Å². The highest BCUT2D eigenvalue weighted by Crippen LogP contribution is 2.21. The van der Waals surface area contributed by atoms with Crippen LogP contribution in [0.15, 0.2) is 91.0 Å². The van der Waals surface area contributed by atoms with Crippen LogP contribution in [0.5, 0.6) is 0 Å². The van der Waals surface area contributed by atoms with Gasteiger partial charge in [-0.15, -0.1) is 0 Å². The number of carbonyl (C=O) groups excluding carboxylic acids is 3. The van der Waals surface area contributed by atoms with Crippen molar-refractivity contribution in [1.82, 2.24) is 0 Å². The van der Waals surface area contributed by atoms with E-state index in [1.807, 2.05) is 0 Å². The van der Waals surface area contributed by atoms with E-state index in [1.165, 1.54) is 0 Å². The molecule has 7 nitrogen and oxygen atoms in total. The van der Waals surface area contributed by atoms with Gasteiger partial charge in [-0.2, -0.15) is 0 Å². The molecule has 0 aliphatic rings. The third-order valence-corrected chi connectivity index (χ3v) is 4.48. The lowest BCUT2D eigenvalue weighted by Crippen LogP contribution is -2.48. The van der Waals surface area contributed by atoms with Gasteiger partial charge < -0.3 is 21.1 Å². The van der Waals surface area contributed by atoms with Crippen molar-refractivity contribution < 1.29 is 19.5 Å². The number of rotatable bonds is 8. The molecule has 31 heavy (non-hydrogen) atoms. The zero-order valence-electron chi connectivity index (χ0n) is 16.7. The fourth-order valence-electron chi connectivity index (χ4n) is 2.98. The van der Waals surface area contributed by atoms with Gasteiger partial charge in [0.05, 0.1) is 12.8 Å². The molecule has 3 amide bonds. The molecule has 0 saturated carbocycles. The highest BCUT2D eigenvalue weighted by atomic mass is 16.3. The number of hydrogen-bond donors (Lipinski definition) is 4. The van der Waals surface area contributed by atoms with E-state index in [0.29, 0.717) is 17.1 Å². The largest absolute Gasteiger partial charge is 0.379 e. The number of benzene rings is 3. The van der Waals surface area contributed by atoms with Crippen LogP contribution in [0, 0.1) is 0 Å². The molecule has 0 aliphatic carbocycles. The highest BCUT2D eigenvalue weighted by Gasteiger charge is 2.40. The predicted octanol–water partition coefficient (Wildman–Crippen LogP) is 3.41. The monoisotopic (exact) mass is 417 g/mol. The average Bonchev–Trinajstić information content (AvgIpc) is 2.75. The summed E-state index contributed by atoms with van der Waals surface area (Å²) in [7, 11) is 0. The van der Waals surface area contributed by atoms with Crippen molar-refractivity contribution in [1.29, 1.82) is 0 Å². The Labute approximate surface area is 180 Å². The Morgan fingerprint density at radius 1 is 0.581 bits per heavy atom. The maximum Gasteiger partial charge on any atom is 0.257 e. The fraction of sp³-hybridized carbons (Fsp3) is 0.125. The second-order valence-electron chi connectivity index (χ2n) is 7.03. The van der Waals surface area contributed by atoms with E-state index in [-0.39, 0.29) is 0 Å². The van der Waals surface area contributed by atoms with Crippen molar-refractivity contribution in [2.75, 3.05) is 16.0 Å². The van der Waals surface area contributed by atoms with Crippen LogP contribution >= 0.6 is 0 Å². The third kappa shape index (κ3) is 6.52. The van der Waals surface area contributed by atoms with Crippen LogP contribution in [-0.4, -0.2) is 28.4 Å². The Morgan fingerprint density at radius 2 is 0.903 bits per heavy atom. The van der Waals surface area contributed by atoms with Crippen LogP contribution in [0.1, 0.15) is 12.8 Å². The van der Waals surface area contributed by atoms with Gasteiger partial charge >= 0.3 is 0 Å². The van der Waals surface area contributed by atoms with E-state index in [4.69, 9.17) is 0 Å². The van der Waals surface area contributed by atoms with Crippen LogP contribution in [0.25, 0.3) is 0 Å². The number of hydrogen-bond acceptors (Lipinski definition) is 4. The zero-order valence-corrected chi connectivity index (χ0v) is 16.7. The molecule has 0 fully saturated rings. The number of aliphatic hydroxyl groups is 1. The molecule has 0 saturated heterocycles. The topological polar surface area (TPSA) is 108 Å². The Morgan fingerprint density at radius 3 is 1.26 bits per heavy atom. The first-order valence-corrected chi connectivity index (χ1v) is 9.73. The second-order valence-corrected chi connectivity index (χ2v) is 7.03. The van der Waals surface area contributed by atoms with Gasteiger partial charge in [-0.3, -0.25) is 14.4 Å². The summed E-state index contributed by atoms with van der Waals surface area (Å²) in [5, 5.41) is 18.9. The molecule has 0 heterocycles. The summed E-state index contributed by atoms with van der Waals surface area (Å²) >= 11 is 0. The summed E-state index contributed by atoms with van der Waals surface area (Å²) in [5.41, 5.74) is -0.773. The molecule has 3 rings (SSSR count). The van der Waals surface area contributed by atoms with Gasteiger partial charge in [-0.05, 0) is 36.4 Å². The first-order valence-electron chi connectivity index (χ1n) is 9.73. The summed E-state index contributed by atoms with van der Waals surface area (Å²) in [4.78, 5) is 38.0. The maximum absolute atomic E-state index is 12.9. The maximum atomic E-state index is 12.9. The molecule has 0 bridgehead atoms. The molecule has 0 aromatic heterocycles. The van der Waals surface area contributed by atoms with Crippen LogP contribution < -0.4 is 16.0 Å². The summed E-state index contributed by atoms with van der Waals surface area (Å²) in [6.07, 6.45) is -1.19. The Kier molecular flexibility index (Phi) is 7.13. The van der Waals surface area contributed by atoms with E-state index in [1.54, 1.807) is 91.0 Å². The number of nitrogens with one attached hydrogen (secondary N) is 3. The lowest BCUT2D eigenvalue weighted by molar-refractivity contribution is -0.143. The minimum atomic E-state index is -2.26. The number of amides is 3. The predicted molar refractivity (Wildman–Crippen MR) is 119 cm³/mol. The summed E-state index contributed by atoms with van der Waals surface area (Å²) in [6, 6.07) is 25.8. The van der Waals surface area contributed by atoms with E-state index >= 15 is 0 Å². The normalized spacial score (nSPS) is 10.7. The van der Waals surface area contributed by atoms with Gasteiger partial charge in [-0.25, -0.2) is 0 Å². The lowest BCUT2D eigenvalue weighted by atomic mass is 9.93. The minimum Gasteiger partial charge on any atom is -0.379 e. The van der Waals surface area contributed by atoms with Crippen molar-refractivity contribution in [3.05, 3.63) is 91.0 Å². The number of para-hydroxylation sites is 3. The molecule has 0 aliphatic heterocycles. The van der Waals surface area contributed by atoms with E-state index < -0.39 is 36.2 Å². The van der Waals surface area contributed by atoms with Crippen molar-refractivity contribution in [3.8, 4) is 0 Å². The summed E-state index contributed by atoms with van der Waals surface area (Å²) in [5.74, 6) is -2.03. The van der Waals surface area contributed by atoms with Gasteiger partial charge in [0.2, 0.25) is 11.8 Å². The molecule has 0 atom stereocenters. The summed E-state index contributed by atoms with van der Waals surface area (Å²) in [6.45, 7) is 0. The van der Waals surface area contributed by atoms with Crippen LogP contribution in [0.3, 0.4) is 0 Å². The quantitative estimate of drug-likeness (QED) is 0.450. The van der Waals surface area contributed by atoms with Crippen LogP contribution in [0.2, 0.25) is 0 Å². The summed E-state index contributed by atoms with van der Waals surface area (Å²) < 4.78 is 0. The first-order chi connectivity index (χ1) is 14.9. The molecule has 0 spiro atoms. The highest BCUT2D eigenvalue weighted by molar-refractivity contribution is 6.05. The standard InChI is InChI=1S/C24H23N3O4/c28-21(25-18-10-4-1-5-11-18)16-24(31,23(30)27-20-14-8-3-9-15-20)17-22(29)26-19-12-6-2-7-13-19/h1-15,31H,16-17H2,(H,25,28)(H,26,29)(H,27,30). The molecule has 0 unspecified atom stereocenters. The Balaban J connectivity index is 1.75. The van der Waals surface area contributed by atoms with Gasteiger partial charge in [0.1, 0.15) is 0 Å². The fourth-order valence-corrected chi connectivity index (χ4v) is 2.98. The third-order valence-electron chi connectivity index (χ3n) is 4.48. The molecule has 4 N–H and O–H groups in total. The van der Waals surface area contributed by atoms with Crippen molar-refractivity contribution >= 4 is 34.8 Å². The minimum absolute atomic E-state index is 0.442. The Bertz CT molecular complexity index is 969. The molecule has 158 valence electrons. The first kappa shape index (κ1) is 21.7. The number of anilines is 3. The molecule has 7 heteroatoms. The van der Waals surface area contributed by atoms with Crippen LogP contribution in [-0.2, 0) is 14.4 Å². The average molecular weight is 417 g/mol. The molecule has 0 radical (unpaired) electrons. The second kappa shape index (κ2) is 10.2. The van der Waals surface area contributed by atoms with Crippen molar-refractivity contribution in [3.63, 3.8) is 0 Å².